The van der Waals surface area contributed by atoms with Crippen LogP contribution in [-0.2, 0) is 22.1 Å². The van der Waals surface area contributed by atoms with Crippen molar-refractivity contribution in [1.82, 2.24) is 14.5 Å². The Bertz CT molecular complexity index is 1270. The summed E-state index contributed by atoms with van der Waals surface area (Å²) in [6.07, 6.45) is 5.47. The lowest BCUT2D eigenvalue weighted by Crippen LogP contribution is -2.33. The molecule has 0 unspecified atom stereocenters. The second-order valence-electron chi connectivity index (χ2n) is 9.02. The number of imidazole rings is 1. The zero-order chi connectivity index (χ0) is 23.0. The van der Waals surface area contributed by atoms with E-state index < -0.39 is 15.7 Å². The molecule has 0 radical (unpaired) electrons. The van der Waals surface area contributed by atoms with Gasteiger partial charge in [-0.1, -0.05) is 36.4 Å². The van der Waals surface area contributed by atoms with Crippen LogP contribution < -0.4 is 0 Å². The molecule has 2 aromatic carbocycles. The van der Waals surface area contributed by atoms with E-state index in [0.717, 1.165) is 25.7 Å². The second kappa shape index (κ2) is 8.74. The van der Waals surface area contributed by atoms with E-state index in [-0.39, 0.29) is 29.4 Å². The molecule has 2 saturated carbocycles. The highest BCUT2D eigenvalue weighted by atomic mass is 32.2. The molecule has 6 nitrogen and oxygen atoms in total. The zero-order valence-corrected chi connectivity index (χ0v) is 19.0. The van der Waals surface area contributed by atoms with Gasteiger partial charge < -0.3 is 9.47 Å². The lowest BCUT2D eigenvalue weighted by Gasteiger charge is -2.24. The number of sulfone groups is 1. The van der Waals surface area contributed by atoms with Crippen LogP contribution in [-0.4, -0.2) is 35.3 Å². The highest BCUT2D eigenvalue weighted by Crippen LogP contribution is 2.39. The number of halogens is 1. The van der Waals surface area contributed by atoms with Gasteiger partial charge in [0.2, 0.25) is 15.0 Å². The van der Waals surface area contributed by atoms with Crippen LogP contribution in [0.2, 0.25) is 0 Å². The maximum atomic E-state index is 13.7. The predicted octanol–water partition coefficient (Wildman–Crippen LogP) is 4.38. The van der Waals surface area contributed by atoms with E-state index in [1.54, 1.807) is 33.9 Å². The lowest BCUT2D eigenvalue weighted by atomic mass is 10.1. The van der Waals surface area contributed by atoms with E-state index in [9.17, 15) is 17.6 Å². The molecule has 1 heterocycles. The first-order valence-corrected chi connectivity index (χ1v) is 12.9. The van der Waals surface area contributed by atoms with Crippen LogP contribution in [0.1, 0.15) is 53.3 Å². The van der Waals surface area contributed by atoms with Crippen molar-refractivity contribution in [3.63, 3.8) is 0 Å². The number of hydrogen-bond donors (Lipinski definition) is 0. The number of aromatic nitrogens is 2. The molecule has 2 fully saturated rings. The van der Waals surface area contributed by atoms with Crippen LogP contribution in [0.4, 0.5) is 4.39 Å². The van der Waals surface area contributed by atoms with Crippen molar-refractivity contribution in [3.8, 4) is 0 Å². The molecule has 1 amide bonds. The number of amides is 1. The summed E-state index contributed by atoms with van der Waals surface area (Å²) < 4.78 is 42.0. The third kappa shape index (κ3) is 5.00. The number of nitrogens with zero attached hydrogens (tertiary/aromatic N) is 3. The van der Waals surface area contributed by atoms with E-state index in [1.165, 1.54) is 18.2 Å². The fourth-order valence-electron chi connectivity index (χ4n) is 4.14. The molecule has 0 N–H and O–H groups in total. The van der Waals surface area contributed by atoms with Crippen molar-refractivity contribution in [2.24, 2.45) is 5.92 Å². The normalized spacial score (nSPS) is 16.0. The third-order valence-corrected chi connectivity index (χ3v) is 7.69. The number of benzene rings is 2. The number of rotatable bonds is 9. The molecule has 0 bridgehead atoms. The molecule has 2 aliphatic carbocycles. The minimum absolute atomic E-state index is 0.0634. The fraction of sp³-hybridized carbons (Fsp3) is 0.360. The Morgan fingerprint density at radius 3 is 2.48 bits per heavy atom. The average molecular weight is 468 g/mol. The summed E-state index contributed by atoms with van der Waals surface area (Å²) in [6, 6.07) is 14.8. The molecule has 33 heavy (non-hydrogen) atoms. The first-order valence-electron chi connectivity index (χ1n) is 11.3. The molecule has 1 aromatic heterocycles. The molecule has 172 valence electrons. The molecule has 8 heteroatoms. The van der Waals surface area contributed by atoms with Crippen LogP contribution >= 0.6 is 0 Å². The van der Waals surface area contributed by atoms with E-state index in [4.69, 9.17) is 0 Å². The molecular formula is C25H26FN3O3S. The highest BCUT2D eigenvalue weighted by molar-refractivity contribution is 7.90. The van der Waals surface area contributed by atoms with E-state index in [1.807, 2.05) is 18.2 Å². The largest absolute Gasteiger partial charge is 0.332 e. The average Bonchev–Trinajstić information content (AvgIpc) is 3.73. The fourth-order valence-corrected chi connectivity index (χ4v) is 5.68. The third-order valence-electron chi connectivity index (χ3n) is 6.12. The molecule has 0 atom stereocenters. The van der Waals surface area contributed by atoms with Crippen molar-refractivity contribution >= 4 is 15.7 Å². The van der Waals surface area contributed by atoms with Crippen LogP contribution in [0.5, 0.6) is 0 Å². The Hall–Kier alpha value is -3.00. The van der Waals surface area contributed by atoms with Gasteiger partial charge >= 0.3 is 0 Å². The molecule has 0 saturated heterocycles. The molecule has 5 rings (SSSR count). The minimum Gasteiger partial charge on any atom is -0.332 e. The van der Waals surface area contributed by atoms with Gasteiger partial charge in [-0.3, -0.25) is 4.79 Å². The van der Waals surface area contributed by atoms with E-state index in [2.05, 4.69) is 4.98 Å². The van der Waals surface area contributed by atoms with E-state index in [0.29, 0.717) is 29.3 Å². The van der Waals surface area contributed by atoms with Gasteiger partial charge in [-0.2, -0.15) is 0 Å². The van der Waals surface area contributed by atoms with Gasteiger partial charge in [-0.25, -0.2) is 17.8 Å². The summed E-state index contributed by atoms with van der Waals surface area (Å²) in [5, 5.41) is 0.0634. The summed E-state index contributed by atoms with van der Waals surface area (Å²) in [4.78, 5) is 19.2. The van der Waals surface area contributed by atoms with Crippen molar-refractivity contribution in [2.75, 3.05) is 6.54 Å². The smallest absolute Gasteiger partial charge is 0.254 e. The number of carbonyl (C=O) groups is 1. The first kappa shape index (κ1) is 21.8. The topological polar surface area (TPSA) is 72.3 Å². The van der Waals surface area contributed by atoms with Crippen LogP contribution in [0, 0.1) is 11.7 Å². The molecule has 0 spiro atoms. The van der Waals surface area contributed by atoms with Gasteiger partial charge in [0, 0.05) is 18.2 Å². The van der Waals surface area contributed by atoms with Crippen LogP contribution in [0.15, 0.2) is 66.0 Å². The van der Waals surface area contributed by atoms with Gasteiger partial charge in [-0.15, -0.1) is 0 Å². The Labute approximate surface area is 193 Å². The Balaban J connectivity index is 1.44. The quantitative estimate of drug-likeness (QED) is 0.468. The summed E-state index contributed by atoms with van der Waals surface area (Å²) >= 11 is 0. The maximum absolute atomic E-state index is 13.7. The Morgan fingerprint density at radius 1 is 1.06 bits per heavy atom. The van der Waals surface area contributed by atoms with Crippen molar-refractivity contribution in [2.45, 2.75) is 49.2 Å². The summed E-state index contributed by atoms with van der Waals surface area (Å²) in [6.45, 7) is 0.813. The summed E-state index contributed by atoms with van der Waals surface area (Å²) in [5.74, 6) is -0.394. The van der Waals surface area contributed by atoms with Gasteiger partial charge in [0.25, 0.3) is 5.91 Å². The van der Waals surface area contributed by atoms with Gasteiger partial charge in [0.15, 0.2) is 0 Å². The van der Waals surface area contributed by atoms with E-state index >= 15 is 0 Å². The van der Waals surface area contributed by atoms with Crippen molar-refractivity contribution < 1.29 is 17.6 Å². The number of carbonyl (C=O) groups excluding carboxylic acids is 1. The number of hydrogen-bond acceptors (Lipinski definition) is 4. The molecule has 3 aromatic rings. The standard InChI is InChI=1S/C25H26FN3O3S/c26-21-8-4-7-20(13-21)24(30)28(15-18-9-10-18)16-23-14-27-25(29(23)22-11-12-22)33(31,32)17-19-5-2-1-3-6-19/h1-8,13-14,18,22H,9-12,15-17H2. The van der Waals surface area contributed by atoms with Gasteiger partial charge in [-0.05, 0) is 55.4 Å². The SMILES string of the molecule is O=C(c1cccc(F)c1)N(Cc1cnc(S(=O)(=O)Cc2ccccc2)n1C1CC1)CC1CC1. The second-order valence-corrected chi connectivity index (χ2v) is 10.9. The highest BCUT2D eigenvalue weighted by Gasteiger charge is 2.35. The molecule has 2 aliphatic rings. The Morgan fingerprint density at radius 2 is 1.82 bits per heavy atom. The maximum Gasteiger partial charge on any atom is 0.254 e. The van der Waals surface area contributed by atoms with Crippen molar-refractivity contribution in [3.05, 3.63) is 83.4 Å². The zero-order valence-electron chi connectivity index (χ0n) is 18.2. The van der Waals surface area contributed by atoms with Crippen LogP contribution in [0.25, 0.3) is 0 Å². The first-order chi connectivity index (χ1) is 15.9. The monoisotopic (exact) mass is 467 g/mol. The minimum atomic E-state index is -3.65. The van der Waals surface area contributed by atoms with Gasteiger partial charge in [0.1, 0.15) is 5.82 Å². The Kier molecular flexibility index (Phi) is 5.78. The lowest BCUT2D eigenvalue weighted by molar-refractivity contribution is 0.0730. The summed E-state index contributed by atoms with van der Waals surface area (Å²) in [5.41, 5.74) is 1.71. The molecular weight excluding hydrogens is 441 g/mol. The predicted molar refractivity (Wildman–Crippen MR) is 122 cm³/mol. The molecule has 0 aliphatic heterocycles. The van der Waals surface area contributed by atoms with Crippen molar-refractivity contribution in [1.29, 1.82) is 0 Å². The summed E-state index contributed by atoms with van der Waals surface area (Å²) in [7, 11) is -3.65. The van der Waals surface area contributed by atoms with Crippen LogP contribution in [0.3, 0.4) is 0 Å². The van der Waals surface area contributed by atoms with Gasteiger partial charge in [0.05, 0.1) is 24.2 Å².